The smallest absolute Gasteiger partial charge is 0.339 e. The summed E-state index contributed by atoms with van der Waals surface area (Å²) < 4.78 is 5.24. The number of carbonyl (C=O) groups excluding carboxylic acids is 2. The van der Waals surface area contributed by atoms with Crippen molar-refractivity contribution in [2.45, 2.75) is 25.9 Å². The van der Waals surface area contributed by atoms with Gasteiger partial charge in [-0.15, -0.1) is 0 Å². The fraction of sp³-hybridized carbons (Fsp3) is 0.462. The van der Waals surface area contributed by atoms with Gasteiger partial charge in [-0.05, 0) is 19.4 Å². The maximum Gasteiger partial charge on any atom is 0.339 e. The molecule has 0 bridgehead atoms. The molecule has 0 aliphatic carbocycles. The highest BCUT2D eigenvalue weighted by Crippen LogP contribution is 2.14. The molecule has 0 spiro atoms. The van der Waals surface area contributed by atoms with Crippen molar-refractivity contribution in [2.75, 3.05) is 13.6 Å². The Morgan fingerprint density at radius 1 is 1.52 bits per heavy atom. The van der Waals surface area contributed by atoms with E-state index in [-0.39, 0.29) is 23.8 Å². The number of furan rings is 1. The Labute approximate surface area is 121 Å². The summed E-state index contributed by atoms with van der Waals surface area (Å²) in [5, 5.41) is 14.0. The summed E-state index contributed by atoms with van der Waals surface area (Å²) in [6.45, 7) is 2.21. The average molecular weight is 295 g/mol. The van der Waals surface area contributed by atoms with Crippen LogP contribution in [-0.2, 0) is 11.3 Å². The molecule has 3 amide bonds. The first kappa shape index (κ1) is 14.9. The van der Waals surface area contributed by atoms with E-state index in [4.69, 9.17) is 9.52 Å². The van der Waals surface area contributed by atoms with Gasteiger partial charge in [-0.3, -0.25) is 4.79 Å². The zero-order valence-corrected chi connectivity index (χ0v) is 11.8. The van der Waals surface area contributed by atoms with E-state index in [0.717, 1.165) is 0 Å². The summed E-state index contributed by atoms with van der Waals surface area (Å²) >= 11 is 0. The van der Waals surface area contributed by atoms with Crippen molar-refractivity contribution in [2.24, 2.45) is 0 Å². The van der Waals surface area contributed by atoms with Gasteiger partial charge in [0.2, 0.25) is 5.91 Å². The number of carboxylic acid groups (broad SMARTS) is 1. The standard InChI is InChI=1S/C13H17N3O5/c1-7-9(12(18)19)5-8(21-7)6-14-13(20)15-10-3-4-16(2)11(10)17/h5,10H,3-4,6H2,1-2H3,(H,18,19)(H2,14,15,20). The van der Waals surface area contributed by atoms with Gasteiger partial charge in [0.25, 0.3) is 0 Å². The number of carboxylic acids is 1. The van der Waals surface area contributed by atoms with Gasteiger partial charge in [0.05, 0.1) is 6.54 Å². The van der Waals surface area contributed by atoms with Gasteiger partial charge in [-0.25, -0.2) is 9.59 Å². The molecule has 0 radical (unpaired) electrons. The Bertz CT molecular complexity index is 580. The molecule has 1 unspecified atom stereocenters. The van der Waals surface area contributed by atoms with Crippen LogP contribution in [0.25, 0.3) is 0 Å². The predicted molar refractivity (Wildman–Crippen MR) is 71.8 cm³/mol. The van der Waals surface area contributed by atoms with Gasteiger partial charge in [-0.1, -0.05) is 0 Å². The molecule has 1 aromatic heterocycles. The van der Waals surface area contributed by atoms with Gasteiger partial charge in [-0.2, -0.15) is 0 Å². The van der Waals surface area contributed by atoms with E-state index >= 15 is 0 Å². The SMILES string of the molecule is Cc1oc(CNC(=O)NC2CCN(C)C2=O)cc1C(=O)O. The number of nitrogens with one attached hydrogen (secondary N) is 2. The highest BCUT2D eigenvalue weighted by atomic mass is 16.4. The fourth-order valence-corrected chi connectivity index (χ4v) is 2.18. The van der Waals surface area contributed by atoms with E-state index < -0.39 is 18.0 Å². The molecule has 8 heteroatoms. The summed E-state index contributed by atoms with van der Waals surface area (Å²) in [5.41, 5.74) is 0.0693. The number of amides is 3. The van der Waals surface area contributed by atoms with Crippen LogP contribution in [0.2, 0.25) is 0 Å². The summed E-state index contributed by atoms with van der Waals surface area (Å²) in [6, 6.07) is 0.365. The lowest BCUT2D eigenvalue weighted by molar-refractivity contribution is -0.128. The number of likely N-dealkylation sites (N-methyl/N-ethyl adjacent to an activating group) is 1. The van der Waals surface area contributed by atoms with Crippen LogP contribution in [0.3, 0.4) is 0 Å². The molecule has 1 aromatic rings. The number of hydrogen-bond donors (Lipinski definition) is 3. The maximum atomic E-state index is 11.7. The van der Waals surface area contributed by atoms with Crippen molar-refractivity contribution < 1.29 is 23.9 Å². The topological polar surface area (TPSA) is 112 Å². The van der Waals surface area contributed by atoms with Crippen molar-refractivity contribution in [1.82, 2.24) is 15.5 Å². The minimum Gasteiger partial charge on any atom is -0.478 e. The molecule has 0 aromatic carbocycles. The molecular formula is C13H17N3O5. The maximum absolute atomic E-state index is 11.7. The van der Waals surface area contributed by atoms with Gasteiger partial charge in [0.15, 0.2) is 0 Å². The second kappa shape index (κ2) is 5.86. The number of nitrogens with zero attached hydrogens (tertiary/aromatic N) is 1. The lowest BCUT2D eigenvalue weighted by Gasteiger charge is -2.12. The second-order valence-corrected chi connectivity index (χ2v) is 4.92. The van der Waals surface area contributed by atoms with E-state index in [9.17, 15) is 14.4 Å². The van der Waals surface area contributed by atoms with Crippen LogP contribution in [0.5, 0.6) is 0 Å². The van der Waals surface area contributed by atoms with E-state index in [1.165, 1.54) is 6.07 Å². The molecule has 3 N–H and O–H groups in total. The van der Waals surface area contributed by atoms with Crippen molar-refractivity contribution in [1.29, 1.82) is 0 Å². The van der Waals surface area contributed by atoms with Crippen LogP contribution in [0.15, 0.2) is 10.5 Å². The van der Waals surface area contributed by atoms with E-state index in [0.29, 0.717) is 18.7 Å². The number of urea groups is 1. The molecule has 1 fully saturated rings. The fourth-order valence-electron chi connectivity index (χ4n) is 2.18. The Kier molecular flexibility index (Phi) is 4.15. The monoisotopic (exact) mass is 295 g/mol. The van der Waals surface area contributed by atoms with Gasteiger partial charge in [0, 0.05) is 13.6 Å². The summed E-state index contributed by atoms with van der Waals surface area (Å²) in [6.07, 6.45) is 0.575. The largest absolute Gasteiger partial charge is 0.478 e. The molecule has 1 saturated heterocycles. The summed E-state index contributed by atoms with van der Waals surface area (Å²) in [5.74, 6) is -0.569. The molecule has 114 valence electrons. The number of aromatic carboxylic acids is 1. The van der Waals surface area contributed by atoms with E-state index in [1.807, 2.05) is 0 Å². The van der Waals surface area contributed by atoms with Crippen molar-refractivity contribution in [3.63, 3.8) is 0 Å². The third kappa shape index (κ3) is 3.33. The number of hydrogen-bond acceptors (Lipinski definition) is 4. The molecule has 1 atom stereocenters. The second-order valence-electron chi connectivity index (χ2n) is 4.92. The number of likely N-dealkylation sites (tertiary alicyclic amines) is 1. The van der Waals surface area contributed by atoms with Gasteiger partial charge < -0.3 is 25.1 Å². The summed E-state index contributed by atoms with van der Waals surface area (Å²) in [7, 11) is 1.68. The molecular weight excluding hydrogens is 278 g/mol. The van der Waals surface area contributed by atoms with E-state index in [2.05, 4.69) is 10.6 Å². The van der Waals surface area contributed by atoms with E-state index in [1.54, 1.807) is 18.9 Å². The number of carbonyl (C=O) groups is 3. The highest BCUT2D eigenvalue weighted by molar-refractivity contribution is 5.89. The van der Waals surface area contributed by atoms with Crippen LogP contribution in [0.4, 0.5) is 4.79 Å². The highest BCUT2D eigenvalue weighted by Gasteiger charge is 2.30. The molecule has 21 heavy (non-hydrogen) atoms. The Balaban J connectivity index is 1.85. The molecule has 0 saturated carbocycles. The Morgan fingerprint density at radius 3 is 2.76 bits per heavy atom. The van der Waals surface area contributed by atoms with Crippen LogP contribution in [0.1, 0.15) is 28.3 Å². The molecule has 8 nitrogen and oxygen atoms in total. The number of aryl methyl sites for hydroxylation is 1. The summed E-state index contributed by atoms with van der Waals surface area (Å²) in [4.78, 5) is 35.8. The lowest BCUT2D eigenvalue weighted by Crippen LogP contribution is -2.45. The van der Waals surface area contributed by atoms with Crippen LogP contribution in [0, 0.1) is 6.92 Å². The minimum absolute atomic E-state index is 0.0523. The lowest BCUT2D eigenvalue weighted by atomic mass is 10.2. The molecule has 1 aliphatic heterocycles. The zero-order chi connectivity index (χ0) is 15.6. The van der Waals surface area contributed by atoms with Crippen LogP contribution < -0.4 is 10.6 Å². The molecule has 2 rings (SSSR count). The predicted octanol–water partition coefficient (Wildman–Crippen LogP) is 0.316. The van der Waals surface area contributed by atoms with Crippen LogP contribution >= 0.6 is 0 Å². The Morgan fingerprint density at radius 2 is 2.24 bits per heavy atom. The van der Waals surface area contributed by atoms with Gasteiger partial charge >= 0.3 is 12.0 Å². The molecule has 2 heterocycles. The van der Waals surface area contributed by atoms with Crippen molar-refractivity contribution >= 4 is 17.9 Å². The van der Waals surface area contributed by atoms with Crippen molar-refractivity contribution in [3.05, 3.63) is 23.2 Å². The first-order valence-corrected chi connectivity index (χ1v) is 6.50. The number of rotatable bonds is 4. The Hall–Kier alpha value is -2.51. The van der Waals surface area contributed by atoms with Gasteiger partial charge in [0.1, 0.15) is 23.1 Å². The third-order valence-electron chi connectivity index (χ3n) is 3.36. The quantitative estimate of drug-likeness (QED) is 0.740. The average Bonchev–Trinajstić information content (AvgIpc) is 2.94. The van der Waals surface area contributed by atoms with Crippen LogP contribution in [-0.4, -0.2) is 47.5 Å². The first-order chi connectivity index (χ1) is 9.88. The first-order valence-electron chi connectivity index (χ1n) is 6.50. The zero-order valence-electron chi connectivity index (χ0n) is 11.8. The van der Waals surface area contributed by atoms with Crippen molar-refractivity contribution in [3.8, 4) is 0 Å². The third-order valence-corrected chi connectivity index (χ3v) is 3.36. The minimum atomic E-state index is -1.08. The molecule has 1 aliphatic rings. The normalized spacial score (nSPS) is 17.9.